The molecule has 0 aliphatic rings. The van der Waals surface area contributed by atoms with Gasteiger partial charge in [0.2, 0.25) is 65.0 Å². The molecule has 0 saturated heterocycles. The summed E-state index contributed by atoms with van der Waals surface area (Å²) in [6.45, 7) is 13.8. The number of carbonyl (C=O) groups excluding carboxylic acids is 14. The highest BCUT2D eigenvalue weighted by molar-refractivity contribution is 5.95. The van der Waals surface area contributed by atoms with Gasteiger partial charge in [-0.1, -0.05) is 19.3 Å². The van der Waals surface area contributed by atoms with Crippen LogP contribution in [-0.4, -0.2) is 287 Å². The molecule has 8 unspecified atom stereocenters. The van der Waals surface area contributed by atoms with Crippen molar-refractivity contribution in [2.24, 2.45) is 5.73 Å². The SMILES string of the molecule is CC(C)(C)OC(=O)NCCCCC(NC(=O)CCCCCNC(=O)COCC(COCC(=O)NCCCCCC(=O)NC(CCCCNC(=O)OC(C)(C)C)C(=O)NC(CCC(=O)O)C(=O)NC(CCC(=O)O)C(=O)O)OCC(=O)NCCCCCC(=O)NC(CCCCNC(=O)OC(C)(C)C)C(=O)NC(CCC(=O)O)C(=O)NC(CCC(=O)O)C(=O)O)C(N)=O. The van der Waals surface area contributed by atoms with Crippen molar-refractivity contribution in [2.45, 2.75) is 314 Å². The van der Waals surface area contributed by atoms with E-state index < -0.39 is 255 Å². The van der Waals surface area contributed by atoms with E-state index in [0.717, 1.165) is 0 Å². The number of rotatable bonds is 70. The maximum atomic E-state index is 13.8. The van der Waals surface area contributed by atoms with Gasteiger partial charge in [0.25, 0.3) is 0 Å². The van der Waals surface area contributed by atoms with E-state index in [2.05, 4.69) is 69.1 Å². The number of amides is 14. The number of hydrogen-bond acceptors (Lipinski definition) is 26. The molecule has 0 radical (unpaired) electrons. The largest absolute Gasteiger partial charge is 0.481 e. The normalized spacial score (nSPS) is 13.2. The molecule has 8 atom stereocenters. The summed E-state index contributed by atoms with van der Waals surface area (Å²) in [5, 5.41) is 88.9. The Bertz CT molecular complexity index is 3490. The molecule has 46 heteroatoms. The molecule has 0 heterocycles. The summed E-state index contributed by atoms with van der Waals surface area (Å²) >= 11 is 0. The average Bonchev–Trinajstić information content (AvgIpc) is 0.871. The number of ether oxygens (including phenoxy) is 6. The second-order valence-corrected chi connectivity index (χ2v) is 32.6. The first-order valence-corrected chi connectivity index (χ1v) is 42.2. The number of aliphatic carboxylic acids is 6. The molecule has 0 spiro atoms. The van der Waals surface area contributed by atoms with Crippen LogP contribution >= 0.6 is 0 Å². The van der Waals surface area contributed by atoms with Gasteiger partial charge >= 0.3 is 54.1 Å². The predicted octanol–water partition coefficient (Wildman–Crippen LogP) is 1.03. The Kier molecular flexibility index (Phi) is 58.6. The van der Waals surface area contributed by atoms with Gasteiger partial charge in [-0.15, -0.1) is 0 Å². The minimum absolute atomic E-state index is 0.0575. The van der Waals surface area contributed by atoms with Crippen LogP contribution in [0.5, 0.6) is 0 Å². The molecule has 0 aliphatic carbocycles. The van der Waals surface area contributed by atoms with E-state index in [-0.39, 0.29) is 130 Å². The highest BCUT2D eigenvalue weighted by Crippen LogP contribution is 2.15. The summed E-state index contributed by atoms with van der Waals surface area (Å²) in [5.74, 6) is -16.8. The van der Waals surface area contributed by atoms with Crippen LogP contribution < -0.4 is 74.9 Å². The lowest BCUT2D eigenvalue weighted by Crippen LogP contribution is -2.55. The molecular formula is C80H136N14O32. The van der Waals surface area contributed by atoms with Crippen molar-refractivity contribution in [1.29, 1.82) is 0 Å². The molecule has 21 N–H and O–H groups in total. The first-order valence-electron chi connectivity index (χ1n) is 42.2. The number of nitrogens with two attached hydrogens (primary N) is 1. The molecule has 0 aromatic rings. The van der Waals surface area contributed by atoms with Crippen LogP contribution in [0.4, 0.5) is 14.4 Å². The zero-order valence-corrected chi connectivity index (χ0v) is 73.8. The van der Waals surface area contributed by atoms with Crippen molar-refractivity contribution < 1.29 is 155 Å². The fourth-order valence-electron chi connectivity index (χ4n) is 11.3. The second-order valence-electron chi connectivity index (χ2n) is 32.6. The number of unbranched alkanes of at least 4 members (excludes halogenated alkanes) is 9. The Morgan fingerprint density at radius 2 is 0.516 bits per heavy atom. The standard InChI is InChI=1S/C80H136N14O32/c1-78(2,3)124-75(118)85-42-22-16-25-51(68(81)109)88-58(95)28-13-10-19-39-82-61(98)47-121-45-50(123-49-63(100)84-41-21-12-15-30-60(97)90-53(27-18-24-44-87-77(120)126-80(7,8)9)70(111)92-55(32-36-65(103)104)72(113)94-57(74(116)117)34-38-67(107)108)46-122-48-62(99)83-40-20-11-14-29-59(96)89-52(26-17-23-43-86-76(119)125-79(4,5)6)69(110)91-54(31-35-64(101)102)71(112)93-56(73(114)115)33-37-66(105)106/h50-57H,10-49H2,1-9H3,(H2,81,109)(H,82,98)(H,83,99)(H,84,100)(H,85,118)(H,86,119)(H,87,120)(H,88,95)(H,89,96)(H,90,97)(H,91,110)(H,92,111)(H,93,112)(H,94,113)(H,101,102)(H,103,104)(H,105,106)(H,107,108)(H,114,115)(H,116,117). The predicted molar refractivity (Wildman–Crippen MR) is 446 cm³/mol. The third kappa shape index (κ3) is 64.4. The molecule has 0 fully saturated rings. The number of carboxylic acids is 6. The van der Waals surface area contributed by atoms with Gasteiger partial charge in [0.15, 0.2) is 0 Å². The highest BCUT2D eigenvalue weighted by Gasteiger charge is 2.34. The second kappa shape index (κ2) is 64.4. The van der Waals surface area contributed by atoms with Crippen LogP contribution in [0.1, 0.15) is 249 Å². The number of carbonyl (C=O) groups is 20. The maximum Gasteiger partial charge on any atom is 0.407 e. The van der Waals surface area contributed by atoms with Crippen molar-refractivity contribution in [2.75, 3.05) is 72.3 Å². The summed E-state index contributed by atoms with van der Waals surface area (Å²) < 4.78 is 32.7. The maximum absolute atomic E-state index is 13.8. The van der Waals surface area contributed by atoms with Crippen molar-refractivity contribution in [3.05, 3.63) is 0 Å². The van der Waals surface area contributed by atoms with Crippen molar-refractivity contribution in [3.8, 4) is 0 Å². The Hall–Kier alpha value is -11.3. The number of primary amides is 1. The third-order valence-electron chi connectivity index (χ3n) is 17.6. The van der Waals surface area contributed by atoms with Crippen LogP contribution in [0.2, 0.25) is 0 Å². The molecule has 0 saturated carbocycles. The molecule has 0 bridgehead atoms. The number of nitrogens with one attached hydrogen (secondary N) is 13. The van der Waals surface area contributed by atoms with E-state index in [0.29, 0.717) is 57.8 Å². The zero-order chi connectivity index (χ0) is 95.4. The van der Waals surface area contributed by atoms with E-state index >= 15 is 0 Å². The van der Waals surface area contributed by atoms with Crippen LogP contribution in [0.15, 0.2) is 0 Å². The molecule has 46 nitrogen and oxygen atoms in total. The van der Waals surface area contributed by atoms with Crippen molar-refractivity contribution >= 4 is 119 Å². The molecule has 0 aliphatic heterocycles. The first kappa shape index (κ1) is 115. The molecule has 126 heavy (non-hydrogen) atoms. The Morgan fingerprint density at radius 1 is 0.270 bits per heavy atom. The minimum Gasteiger partial charge on any atom is -0.481 e. The lowest BCUT2D eigenvalue weighted by Gasteiger charge is -2.24. The number of alkyl carbamates (subject to hydrolysis) is 3. The Labute approximate surface area is 732 Å². The molecule has 0 rings (SSSR count). The Balaban J connectivity index is 6.09. The molecule has 718 valence electrons. The van der Waals surface area contributed by atoms with Gasteiger partial charge in [0.05, 0.1) is 13.2 Å². The van der Waals surface area contributed by atoms with Gasteiger partial charge in [-0.2, -0.15) is 0 Å². The van der Waals surface area contributed by atoms with Gasteiger partial charge in [-0.05, 0) is 184 Å². The first-order chi connectivity index (χ1) is 59.0. The molecule has 14 amide bonds. The zero-order valence-electron chi connectivity index (χ0n) is 73.8. The summed E-state index contributed by atoms with van der Waals surface area (Å²) in [7, 11) is 0. The smallest absolute Gasteiger partial charge is 0.407 e. The van der Waals surface area contributed by atoms with Gasteiger partial charge in [0, 0.05) is 84.2 Å². The van der Waals surface area contributed by atoms with E-state index in [4.69, 9.17) is 44.4 Å². The third-order valence-corrected chi connectivity index (χ3v) is 17.6. The van der Waals surface area contributed by atoms with E-state index in [1.807, 2.05) is 0 Å². The summed E-state index contributed by atoms with van der Waals surface area (Å²) in [6, 6.07) is -10.3. The van der Waals surface area contributed by atoms with E-state index in [1.54, 1.807) is 62.3 Å². The number of hydrogen-bond donors (Lipinski definition) is 20. The molecule has 0 aromatic carbocycles. The molecular weight excluding hydrogens is 1670 g/mol. The van der Waals surface area contributed by atoms with Crippen LogP contribution in [-0.2, 0) is 110 Å². The van der Waals surface area contributed by atoms with Gasteiger partial charge in [-0.3, -0.25) is 71.9 Å². The van der Waals surface area contributed by atoms with Crippen LogP contribution in [0.3, 0.4) is 0 Å². The van der Waals surface area contributed by atoms with Crippen molar-refractivity contribution in [3.63, 3.8) is 0 Å². The fraction of sp³-hybridized carbons (Fsp3) is 0.750. The summed E-state index contributed by atoms with van der Waals surface area (Å²) in [6.07, 6.45) is -2.71. The van der Waals surface area contributed by atoms with E-state index in [9.17, 15) is 116 Å². The highest BCUT2D eigenvalue weighted by atomic mass is 16.6. The van der Waals surface area contributed by atoms with Gasteiger partial charge in [-0.25, -0.2) is 24.0 Å². The fourth-order valence-corrected chi connectivity index (χ4v) is 11.3. The molecule has 0 aromatic heterocycles. The quantitative estimate of drug-likeness (QED) is 0.0299. The van der Waals surface area contributed by atoms with Gasteiger partial charge < -0.3 is 134 Å². The summed E-state index contributed by atoms with van der Waals surface area (Å²) in [5.41, 5.74) is 3.27. The van der Waals surface area contributed by atoms with Crippen LogP contribution in [0.25, 0.3) is 0 Å². The van der Waals surface area contributed by atoms with E-state index in [1.165, 1.54) is 0 Å². The van der Waals surface area contributed by atoms with Gasteiger partial charge in [0.1, 0.15) is 85.0 Å². The lowest BCUT2D eigenvalue weighted by molar-refractivity contribution is -0.144. The monoisotopic (exact) mass is 1800 g/mol. The topological polar surface area (TPSA) is 701 Å². The summed E-state index contributed by atoms with van der Waals surface area (Å²) in [4.78, 5) is 250. The Morgan fingerprint density at radius 3 is 0.794 bits per heavy atom. The lowest BCUT2D eigenvalue weighted by atomic mass is 10.0. The minimum atomic E-state index is -1.72. The average molecular weight is 1810 g/mol. The van der Waals surface area contributed by atoms with Crippen molar-refractivity contribution in [1.82, 2.24) is 69.1 Å². The number of carboxylic acid groups (broad SMARTS) is 6. The van der Waals surface area contributed by atoms with Crippen LogP contribution in [0, 0.1) is 0 Å².